The fourth-order valence-electron chi connectivity index (χ4n) is 1.84. The highest BCUT2D eigenvalue weighted by atomic mass is 32.2. The molecule has 9 heteroatoms. The Kier molecular flexibility index (Phi) is 4.76. The number of benzene rings is 1. The van der Waals surface area contributed by atoms with Gasteiger partial charge in [0.25, 0.3) is 0 Å². The quantitative estimate of drug-likeness (QED) is 0.733. The molecule has 1 atom stereocenters. The first-order valence-electron chi connectivity index (χ1n) is 6.24. The third-order valence-corrected chi connectivity index (χ3v) is 3.36. The van der Waals surface area contributed by atoms with Crippen LogP contribution in [0.15, 0.2) is 18.2 Å². The SMILES string of the molecule is CS(=O)(=O)Nc1cc(NC(=O)C2COCCN2)ccc1F. The van der Waals surface area contributed by atoms with Crippen molar-refractivity contribution < 1.29 is 22.3 Å². The lowest BCUT2D eigenvalue weighted by atomic mass is 10.2. The molecule has 0 spiro atoms. The molecule has 1 unspecified atom stereocenters. The van der Waals surface area contributed by atoms with Gasteiger partial charge in [0.15, 0.2) is 0 Å². The van der Waals surface area contributed by atoms with E-state index in [1.54, 1.807) is 0 Å². The first kappa shape index (κ1) is 15.7. The monoisotopic (exact) mass is 317 g/mol. The predicted octanol–water partition coefficient (Wildman–Crippen LogP) is 0.124. The van der Waals surface area contributed by atoms with Crippen LogP contribution >= 0.6 is 0 Å². The molecule has 1 heterocycles. The Morgan fingerprint density at radius 3 is 2.86 bits per heavy atom. The van der Waals surface area contributed by atoms with Crippen LogP contribution in [0.1, 0.15) is 0 Å². The summed E-state index contributed by atoms with van der Waals surface area (Å²) < 4.78 is 43.0. The van der Waals surface area contributed by atoms with Crippen LogP contribution in [0.2, 0.25) is 0 Å². The van der Waals surface area contributed by atoms with Crippen molar-refractivity contribution in [3.8, 4) is 0 Å². The van der Waals surface area contributed by atoms with Crippen LogP contribution in [-0.2, 0) is 19.6 Å². The second kappa shape index (κ2) is 6.37. The van der Waals surface area contributed by atoms with E-state index in [0.29, 0.717) is 18.8 Å². The molecule has 0 radical (unpaired) electrons. The first-order valence-corrected chi connectivity index (χ1v) is 8.13. The fraction of sp³-hybridized carbons (Fsp3) is 0.417. The number of carbonyl (C=O) groups excluding carboxylic acids is 1. The smallest absolute Gasteiger partial charge is 0.243 e. The molecule has 116 valence electrons. The zero-order valence-corrected chi connectivity index (χ0v) is 12.2. The Hall–Kier alpha value is -1.71. The maximum absolute atomic E-state index is 13.5. The van der Waals surface area contributed by atoms with Crippen molar-refractivity contribution in [1.29, 1.82) is 0 Å². The molecule has 0 aromatic heterocycles. The van der Waals surface area contributed by atoms with Crippen LogP contribution in [0.5, 0.6) is 0 Å². The Morgan fingerprint density at radius 1 is 1.48 bits per heavy atom. The summed E-state index contributed by atoms with van der Waals surface area (Å²) in [6.07, 6.45) is 0.918. The highest BCUT2D eigenvalue weighted by Gasteiger charge is 2.21. The van der Waals surface area contributed by atoms with E-state index in [-0.39, 0.29) is 18.2 Å². The minimum atomic E-state index is -3.60. The maximum Gasteiger partial charge on any atom is 0.243 e. The van der Waals surface area contributed by atoms with Gasteiger partial charge < -0.3 is 15.4 Å². The number of amides is 1. The molecule has 1 fully saturated rings. The number of anilines is 2. The van der Waals surface area contributed by atoms with Gasteiger partial charge in [0.05, 0.1) is 25.2 Å². The van der Waals surface area contributed by atoms with Crippen LogP contribution in [-0.4, -0.2) is 46.4 Å². The van der Waals surface area contributed by atoms with Gasteiger partial charge in [0.2, 0.25) is 15.9 Å². The normalized spacial score (nSPS) is 19.0. The van der Waals surface area contributed by atoms with Crippen molar-refractivity contribution in [2.75, 3.05) is 36.1 Å². The topological polar surface area (TPSA) is 96.5 Å². The molecule has 0 bridgehead atoms. The van der Waals surface area contributed by atoms with E-state index in [0.717, 1.165) is 12.3 Å². The van der Waals surface area contributed by atoms with Crippen molar-refractivity contribution in [3.05, 3.63) is 24.0 Å². The summed E-state index contributed by atoms with van der Waals surface area (Å²) in [5, 5.41) is 5.56. The number of halogens is 1. The summed E-state index contributed by atoms with van der Waals surface area (Å²) >= 11 is 0. The van der Waals surface area contributed by atoms with Gasteiger partial charge in [-0.15, -0.1) is 0 Å². The van der Waals surface area contributed by atoms with E-state index in [4.69, 9.17) is 4.74 Å². The molecule has 1 aromatic carbocycles. The summed E-state index contributed by atoms with van der Waals surface area (Å²) in [5.74, 6) is -1.05. The number of carbonyl (C=O) groups is 1. The summed E-state index contributed by atoms with van der Waals surface area (Å²) in [6.45, 7) is 1.37. The lowest BCUT2D eigenvalue weighted by Gasteiger charge is -2.23. The van der Waals surface area contributed by atoms with Crippen molar-refractivity contribution in [1.82, 2.24) is 5.32 Å². The summed E-state index contributed by atoms with van der Waals surface area (Å²) in [4.78, 5) is 12.0. The van der Waals surface area contributed by atoms with Crippen molar-refractivity contribution in [3.63, 3.8) is 0 Å². The Labute approximate surface area is 121 Å². The lowest BCUT2D eigenvalue weighted by Crippen LogP contribution is -2.48. The van der Waals surface area contributed by atoms with Gasteiger partial charge in [-0.25, -0.2) is 12.8 Å². The molecular formula is C12H16FN3O4S. The van der Waals surface area contributed by atoms with Gasteiger partial charge in [0.1, 0.15) is 11.9 Å². The van der Waals surface area contributed by atoms with Crippen LogP contribution in [0, 0.1) is 5.82 Å². The van der Waals surface area contributed by atoms with Gasteiger partial charge in [-0.3, -0.25) is 9.52 Å². The molecule has 2 rings (SSSR count). The predicted molar refractivity (Wildman–Crippen MR) is 76.1 cm³/mol. The van der Waals surface area contributed by atoms with Gasteiger partial charge in [-0.2, -0.15) is 0 Å². The number of hydrogen-bond donors (Lipinski definition) is 3. The molecular weight excluding hydrogens is 301 g/mol. The fourth-order valence-corrected chi connectivity index (χ4v) is 2.40. The van der Waals surface area contributed by atoms with Crippen molar-refractivity contribution >= 4 is 27.3 Å². The van der Waals surface area contributed by atoms with Crippen molar-refractivity contribution in [2.45, 2.75) is 6.04 Å². The van der Waals surface area contributed by atoms with Gasteiger partial charge >= 0.3 is 0 Å². The first-order chi connectivity index (χ1) is 9.85. The van der Waals surface area contributed by atoms with Crippen LogP contribution in [0.25, 0.3) is 0 Å². The Balaban J connectivity index is 2.09. The molecule has 3 N–H and O–H groups in total. The molecule has 1 aromatic rings. The molecule has 1 amide bonds. The van der Waals surface area contributed by atoms with E-state index >= 15 is 0 Å². The standard InChI is InChI=1S/C12H16FN3O4S/c1-21(18,19)16-10-6-8(2-3-9(10)13)15-12(17)11-7-20-5-4-14-11/h2-3,6,11,14,16H,4-5,7H2,1H3,(H,15,17). The van der Waals surface area contributed by atoms with Crippen molar-refractivity contribution in [2.24, 2.45) is 0 Å². The lowest BCUT2D eigenvalue weighted by molar-refractivity contribution is -0.120. The van der Waals surface area contributed by atoms with Crippen LogP contribution in [0.3, 0.4) is 0 Å². The number of morpholine rings is 1. The molecule has 7 nitrogen and oxygen atoms in total. The average Bonchev–Trinajstić information content (AvgIpc) is 2.42. The largest absolute Gasteiger partial charge is 0.378 e. The van der Waals surface area contributed by atoms with E-state index in [1.165, 1.54) is 12.1 Å². The molecule has 1 aliphatic heterocycles. The zero-order chi connectivity index (χ0) is 15.5. The number of nitrogens with one attached hydrogen (secondary N) is 3. The number of hydrogen-bond acceptors (Lipinski definition) is 5. The van der Waals surface area contributed by atoms with Gasteiger partial charge in [-0.05, 0) is 18.2 Å². The minimum absolute atomic E-state index is 0.219. The van der Waals surface area contributed by atoms with E-state index in [2.05, 4.69) is 10.6 Å². The summed E-state index contributed by atoms with van der Waals surface area (Å²) in [6, 6.07) is 3.16. The minimum Gasteiger partial charge on any atom is -0.378 e. The molecule has 1 saturated heterocycles. The number of rotatable bonds is 4. The van der Waals surface area contributed by atoms with E-state index in [9.17, 15) is 17.6 Å². The average molecular weight is 317 g/mol. The number of ether oxygens (including phenoxy) is 1. The third kappa shape index (κ3) is 4.66. The second-order valence-electron chi connectivity index (χ2n) is 4.64. The molecule has 0 saturated carbocycles. The zero-order valence-electron chi connectivity index (χ0n) is 11.3. The Morgan fingerprint density at radius 2 is 2.24 bits per heavy atom. The highest BCUT2D eigenvalue weighted by Crippen LogP contribution is 2.20. The summed E-state index contributed by atoms with van der Waals surface area (Å²) in [5.41, 5.74) is 0.0723. The molecule has 1 aliphatic rings. The van der Waals surface area contributed by atoms with Crippen LogP contribution in [0.4, 0.5) is 15.8 Å². The van der Waals surface area contributed by atoms with E-state index in [1.807, 2.05) is 4.72 Å². The van der Waals surface area contributed by atoms with E-state index < -0.39 is 21.9 Å². The Bertz CT molecular complexity index is 629. The van der Waals surface area contributed by atoms with Gasteiger partial charge in [0, 0.05) is 12.2 Å². The summed E-state index contributed by atoms with van der Waals surface area (Å²) in [7, 11) is -3.60. The highest BCUT2D eigenvalue weighted by molar-refractivity contribution is 7.92. The van der Waals surface area contributed by atoms with Crippen LogP contribution < -0.4 is 15.4 Å². The third-order valence-electron chi connectivity index (χ3n) is 2.77. The molecule has 21 heavy (non-hydrogen) atoms. The number of sulfonamides is 1. The maximum atomic E-state index is 13.5. The second-order valence-corrected chi connectivity index (χ2v) is 6.39. The van der Waals surface area contributed by atoms with Gasteiger partial charge in [-0.1, -0.05) is 0 Å². The molecule has 0 aliphatic carbocycles.